The molecule has 82 valence electrons. The predicted octanol–water partition coefficient (Wildman–Crippen LogP) is 3.12. The summed E-state index contributed by atoms with van der Waals surface area (Å²) in [5, 5.41) is 8.88. The van der Waals surface area contributed by atoms with Crippen LogP contribution in [-0.2, 0) is 4.79 Å². The number of rotatable bonds is 6. The van der Waals surface area contributed by atoms with Gasteiger partial charge in [0.2, 0.25) is 0 Å². The van der Waals surface area contributed by atoms with Gasteiger partial charge in [0.15, 0.2) is 0 Å². The molecule has 1 saturated carbocycles. The minimum Gasteiger partial charge on any atom is -0.481 e. The first kappa shape index (κ1) is 11.9. The fourth-order valence-electron chi connectivity index (χ4n) is 2.57. The van der Waals surface area contributed by atoms with Crippen molar-refractivity contribution in [3.05, 3.63) is 0 Å². The number of carboxylic acids is 1. The van der Waals surface area contributed by atoms with E-state index in [9.17, 15) is 4.79 Å². The number of hydrogen-bond donors (Lipinski definition) is 2. The maximum atomic E-state index is 10.8. The van der Waals surface area contributed by atoms with Gasteiger partial charge in [-0.15, -0.1) is 0 Å². The lowest BCUT2D eigenvalue weighted by molar-refractivity contribution is -0.139. The highest BCUT2D eigenvalue weighted by molar-refractivity contribution is 7.80. The van der Waals surface area contributed by atoms with Crippen molar-refractivity contribution in [3.63, 3.8) is 0 Å². The van der Waals surface area contributed by atoms with Crippen molar-refractivity contribution >= 4 is 18.6 Å². The summed E-state index contributed by atoms with van der Waals surface area (Å²) in [6, 6.07) is 0. The molecule has 0 aliphatic heterocycles. The molecule has 0 saturated heterocycles. The normalized spacial score (nSPS) is 19.8. The first-order chi connectivity index (χ1) is 6.68. The first-order valence-corrected chi connectivity index (χ1v) is 6.14. The van der Waals surface area contributed by atoms with Crippen LogP contribution in [0.2, 0.25) is 0 Å². The average molecular weight is 216 g/mol. The van der Waals surface area contributed by atoms with Gasteiger partial charge in [0.05, 0.1) is 6.42 Å². The monoisotopic (exact) mass is 216 g/mol. The molecule has 0 radical (unpaired) electrons. The minimum absolute atomic E-state index is 0.134. The zero-order valence-corrected chi connectivity index (χ0v) is 9.56. The molecule has 1 aliphatic carbocycles. The van der Waals surface area contributed by atoms with Crippen LogP contribution in [-0.4, -0.2) is 16.8 Å². The Morgan fingerprint density at radius 3 is 2.43 bits per heavy atom. The number of hydrogen-bond acceptors (Lipinski definition) is 2. The van der Waals surface area contributed by atoms with Crippen molar-refractivity contribution < 1.29 is 9.90 Å². The van der Waals surface area contributed by atoms with E-state index in [4.69, 9.17) is 5.11 Å². The van der Waals surface area contributed by atoms with E-state index in [0.717, 1.165) is 37.9 Å². The summed E-state index contributed by atoms with van der Waals surface area (Å²) in [5.41, 5.74) is 0.134. The lowest BCUT2D eigenvalue weighted by Gasteiger charge is -2.26. The van der Waals surface area contributed by atoms with Crippen molar-refractivity contribution in [2.24, 2.45) is 5.41 Å². The van der Waals surface area contributed by atoms with Crippen LogP contribution >= 0.6 is 12.6 Å². The van der Waals surface area contributed by atoms with E-state index in [0.29, 0.717) is 6.42 Å². The molecule has 0 spiro atoms. The highest BCUT2D eigenvalue weighted by Crippen LogP contribution is 2.45. The van der Waals surface area contributed by atoms with Gasteiger partial charge in [-0.2, -0.15) is 12.6 Å². The zero-order chi connectivity index (χ0) is 10.4. The van der Waals surface area contributed by atoms with E-state index in [2.05, 4.69) is 12.6 Å². The van der Waals surface area contributed by atoms with Gasteiger partial charge in [-0.1, -0.05) is 19.3 Å². The molecule has 1 aliphatic rings. The Labute approximate surface area is 91.5 Å². The molecule has 0 heterocycles. The highest BCUT2D eigenvalue weighted by Gasteiger charge is 2.35. The van der Waals surface area contributed by atoms with Crippen molar-refractivity contribution in [2.75, 3.05) is 5.75 Å². The molecule has 0 aromatic carbocycles. The number of carbonyl (C=O) groups is 1. The lowest BCUT2D eigenvalue weighted by atomic mass is 9.78. The van der Waals surface area contributed by atoms with E-state index in [-0.39, 0.29) is 5.41 Å². The summed E-state index contributed by atoms with van der Waals surface area (Å²) >= 11 is 4.18. The number of carboxylic acid groups (broad SMARTS) is 1. The maximum absolute atomic E-state index is 10.8. The van der Waals surface area contributed by atoms with Gasteiger partial charge in [-0.3, -0.25) is 4.79 Å². The van der Waals surface area contributed by atoms with Gasteiger partial charge in [0.25, 0.3) is 0 Å². The Hall–Kier alpha value is -0.180. The SMILES string of the molecule is O=C(O)CC1(CCCCS)CCCC1. The summed E-state index contributed by atoms with van der Waals surface area (Å²) in [7, 11) is 0. The van der Waals surface area contributed by atoms with Crippen LogP contribution in [0.3, 0.4) is 0 Å². The van der Waals surface area contributed by atoms with E-state index < -0.39 is 5.97 Å². The Kier molecular flexibility index (Phi) is 4.79. The molecule has 1 fully saturated rings. The van der Waals surface area contributed by atoms with Gasteiger partial charge in [0.1, 0.15) is 0 Å². The number of thiol groups is 1. The number of unbranched alkanes of at least 4 members (excludes halogenated alkanes) is 1. The van der Waals surface area contributed by atoms with Gasteiger partial charge in [0, 0.05) is 0 Å². The second kappa shape index (κ2) is 5.64. The number of aliphatic carboxylic acids is 1. The predicted molar refractivity (Wildman–Crippen MR) is 60.9 cm³/mol. The van der Waals surface area contributed by atoms with Crippen molar-refractivity contribution in [1.29, 1.82) is 0 Å². The molecule has 1 rings (SSSR count). The second-order valence-corrected chi connectivity index (χ2v) is 4.91. The van der Waals surface area contributed by atoms with E-state index in [1.54, 1.807) is 0 Å². The second-order valence-electron chi connectivity index (χ2n) is 4.46. The Bertz CT molecular complexity index is 186. The van der Waals surface area contributed by atoms with E-state index in [1.165, 1.54) is 12.8 Å². The molecular weight excluding hydrogens is 196 g/mol. The van der Waals surface area contributed by atoms with Crippen LogP contribution in [0.1, 0.15) is 51.4 Å². The van der Waals surface area contributed by atoms with Gasteiger partial charge in [-0.25, -0.2) is 0 Å². The van der Waals surface area contributed by atoms with Crippen molar-refractivity contribution in [2.45, 2.75) is 51.4 Å². The van der Waals surface area contributed by atoms with Crippen LogP contribution in [0.15, 0.2) is 0 Å². The minimum atomic E-state index is -0.627. The highest BCUT2D eigenvalue weighted by atomic mass is 32.1. The van der Waals surface area contributed by atoms with Gasteiger partial charge >= 0.3 is 5.97 Å². The Balaban J connectivity index is 2.40. The topological polar surface area (TPSA) is 37.3 Å². The van der Waals surface area contributed by atoms with Crippen LogP contribution in [0, 0.1) is 5.41 Å². The van der Waals surface area contributed by atoms with Crippen LogP contribution in [0.5, 0.6) is 0 Å². The largest absolute Gasteiger partial charge is 0.481 e. The summed E-state index contributed by atoms with van der Waals surface area (Å²) in [4.78, 5) is 10.8. The average Bonchev–Trinajstić information content (AvgIpc) is 2.53. The fourth-order valence-corrected chi connectivity index (χ4v) is 2.80. The molecule has 0 unspecified atom stereocenters. The molecule has 1 N–H and O–H groups in total. The molecule has 2 nitrogen and oxygen atoms in total. The van der Waals surface area contributed by atoms with E-state index >= 15 is 0 Å². The molecule has 0 bridgehead atoms. The summed E-state index contributed by atoms with van der Waals surface area (Å²) < 4.78 is 0. The summed E-state index contributed by atoms with van der Waals surface area (Å²) in [6.07, 6.45) is 8.38. The molecule has 3 heteroatoms. The zero-order valence-electron chi connectivity index (χ0n) is 8.67. The summed E-state index contributed by atoms with van der Waals surface area (Å²) in [5.74, 6) is 0.293. The van der Waals surface area contributed by atoms with Gasteiger partial charge < -0.3 is 5.11 Å². The quantitative estimate of drug-likeness (QED) is 0.529. The third kappa shape index (κ3) is 3.52. The summed E-state index contributed by atoms with van der Waals surface area (Å²) in [6.45, 7) is 0. The van der Waals surface area contributed by atoms with Crippen LogP contribution in [0.4, 0.5) is 0 Å². The lowest BCUT2D eigenvalue weighted by Crippen LogP contribution is -2.20. The standard InChI is InChI=1S/C11H20O2S/c12-10(13)9-11(5-1-2-6-11)7-3-4-8-14/h14H,1-9H2,(H,12,13). The third-order valence-electron chi connectivity index (χ3n) is 3.31. The van der Waals surface area contributed by atoms with Crippen LogP contribution in [0.25, 0.3) is 0 Å². The Morgan fingerprint density at radius 1 is 1.29 bits per heavy atom. The molecular formula is C11H20O2S. The maximum Gasteiger partial charge on any atom is 0.303 e. The molecule has 0 aromatic rings. The Morgan fingerprint density at radius 2 is 1.93 bits per heavy atom. The molecule has 0 amide bonds. The molecule has 0 atom stereocenters. The van der Waals surface area contributed by atoms with E-state index in [1.807, 2.05) is 0 Å². The van der Waals surface area contributed by atoms with Gasteiger partial charge in [-0.05, 0) is 36.9 Å². The first-order valence-electron chi connectivity index (χ1n) is 5.51. The van der Waals surface area contributed by atoms with Crippen molar-refractivity contribution in [3.8, 4) is 0 Å². The molecule has 0 aromatic heterocycles. The smallest absolute Gasteiger partial charge is 0.303 e. The van der Waals surface area contributed by atoms with Crippen LogP contribution < -0.4 is 0 Å². The van der Waals surface area contributed by atoms with Crippen molar-refractivity contribution in [1.82, 2.24) is 0 Å². The fraction of sp³-hybridized carbons (Fsp3) is 0.909. The molecule has 14 heavy (non-hydrogen) atoms. The third-order valence-corrected chi connectivity index (χ3v) is 3.62.